The van der Waals surface area contributed by atoms with Gasteiger partial charge in [-0.2, -0.15) is 10.2 Å². The van der Waals surface area contributed by atoms with Gasteiger partial charge in [-0.3, -0.25) is 9.59 Å². The van der Waals surface area contributed by atoms with Gasteiger partial charge in [0.25, 0.3) is 0 Å². The first kappa shape index (κ1) is 26.4. The molecule has 0 unspecified atom stereocenters. The molecule has 0 amide bonds. The fourth-order valence-corrected chi connectivity index (χ4v) is 3.84. The number of halogens is 2. The fraction of sp³-hybridized carbons (Fsp3) is 0.259. The molecule has 192 valence electrons. The Morgan fingerprint density at radius 3 is 1.49 bits per heavy atom. The topological polar surface area (TPSA) is 88.2 Å². The molecule has 0 radical (unpaired) electrons. The number of esters is 2. The van der Waals surface area contributed by atoms with Crippen LogP contribution < -0.4 is 0 Å². The second kappa shape index (κ2) is 13.1. The minimum absolute atomic E-state index is 0.218. The molecule has 0 saturated heterocycles. The van der Waals surface area contributed by atoms with Gasteiger partial charge in [0.1, 0.15) is 6.42 Å². The van der Waals surface area contributed by atoms with Crippen molar-refractivity contribution < 1.29 is 19.1 Å². The van der Waals surface area contributed by atoms with Crippen molar-refractivity contribution in [3.05, 3.63) is 94.5 Å². The molecule has 2 aromatic carbocycles. The number of ether oxygens (including phenoxy) is 2. The van der Waals surface area contributed by atoms with Gasteiger partial charge < -0.3 is 9.47 Å². The van der Waals surface area contributed by atoms with Crippen molar-refractivity contribution in [3.8, 4) is 11.4 Å². The molecule has 10 heteroatoms. The molecule has 0 bridgehead atoms. The average Bonchev–Trinajstić information content (AvgIpc) is 3.56. The summed E-state index contributed by atoms with van der Waals surface area (Å²) in [7, 11) is 0. The van der Waals surface area contributed by atoms with Crippen LogP contribution in [0.15, 0.2) is 73.3 Å². The molecule has 2 heterocycles. The second-order valence-electron chi connectivity index (χ2n) is 8.36. The number of benzene rings is 2. The molecule has 0 saturated carbocycles. The third-order valence-electron chi connectivity index (χ3n) is 5.49. The Morgan fingerprint density at radius 1 is 0.676 bits per heavy atom. The molecule has 0 aliphatic heterocycles. The van der Waals surface area contributed by atoms with Crippen molar-refractivity contribution in [1.29, 1.82) is 0 Å². The SMILES string of the molecule is O=C(CC(=O)OCCCc1cnn(-c2ccc(Cl)cc2)c1)OCCCc1cnn(-c2ccc(Cl)cc2)c1. The predicted octanol–water partition coefficient (Wildman–Crippen LogP) is 5.41. The molecule has 37 heavy (non-hydrogen) atoms. The number of hydrogen-bond acceptors (Lipinski definition) is 6. The van der Waals surface area contributed by atoms with Crippen molar-refractivity contribution in [2.45, 2.75) is 32.1 Å². The molecule has 0 spiro atoms. The van der Waals surface area contributed by atoms with Crippen LogP contribution in [0.4, 0.5) is 0 Å². The van der Waals surface area contributed by atoms with Crippen molar-refractivity contribution in [2.75, 3.05) is 13.2 Å². The quantitative estimate of drug-likeness (QED) is 0.136. The minimum Gasteiger partial charge on any atom is -0.465 e. The van der Waals surface area contributed by atoms with E-state index in [4.69, 9.17) is 32.7 Å². The van der Waals surface area contributed by atoms with E-state index in [1.54, 1.807) is 46.0 Å². The highest BCUT2D eigenvalue weighted by molar-refractivity contribution is 6.30. The first-order valence-corrected chi connectivity index (χ1v) is 12.6. The Hall–Kier alpha value is -3.62. The average molecular weight is 541 g/mol. The fourth-order valence-electron chi connectivity index (χ4n) is 3.59. The maximum absolute atomic E-state index is 11.9. The number of aromatic nitrogens is 4. The molecule has 4 aromatic rings. The molecular weight excluding hydrogens is 515 g/mol. The van der Waals surface area contributed by atoms with Gasteiger partial charge in [-0.25, -0.2) is 9.36 Å². The number of carbonyl (C=O) groups excluding carboxylic acids is 2. The van der Waals surface area contributed by atoms with Crippen LogP contribution in [0.25, 0.3) is 11.4 Å². The molecule has 4 rings (SSSR count). The first-order valence-electron chi connectivity index (χ1n) is 11.9. The third-order valence-corrected chi connectivity index (χ3v) is 5.99. The summed E-state index contributed by atoms with van der Waals surface area (Å²) in [5, 5.41) is 10.0. The van der Waals surface area contributed by atoms with Crippen molar-refractivity contribution in [1.82, 2.24) is 19.6 Å². The highest BCUT2D eigenvalue weighted by Crippen LogP contribution is 2.15. The number of nitrogens with zero attached hydrogens (tertiary/aromatic N) is 4. The van der Waals surface area contributed by atoms with Gasteiger partial charge in [0.05, 0.1) is 37.0 Å². The molecule has 0 aliphatic carbocycles. The van der Waals surface area contributed by atoms with Crippen LogP contribution in [0.1, 0.15) is 30.4 Å². The monoisotopic (exact) mass is 540 g/mol. The summed E-state index contributed by atoms with van der Waals surface area (Å²) >= 11 is 11.8. The molecule has 0 aliphatic rings. The van der Waals surface area contributed by atoms with Crippen LogP contribution in [0, 0.1) is 0 Å². The Labute approximate surface area is 224 Å². The molecule has 0 atom stereocenters. The standard InChI is InChI=1S/C27H26Cl2N4O4/c28-22-5-9-24(10-6-22)32-18-20(16-30-32)3-1-13-36-26(34)15-27(35)37-14-2-4-21-17-31-33(19-21)25-11-7-23(29)8-12-25/h5-12,16-19H,1-4,13-15H2. The van der Waals surface area contributed by atoms with Crippen molar-refractivity contribution >= 4 is 35.1 Å². The van der Waals surface area contributed by atoms with E-state index < -0.39 is 18.4 Å². The Bertz CT molecular complexity index is 1220. The zero-order valence-corrected chi connectivity index (χ0v) is 21.6. The van der Waals surface area contributed by atoms with E-state index in [1.807, 2.05) is 36.7 Å². The van der Waals surface area contributed by atoms with Gasteiger partial charge in [0.15, 0.2) is 0 Å². The minimum atomic E-state index is -0.592. The molecule has 0 fully saturated rings. The van der Waals surface area contributed by atoms with E-state index >= 15 is 0 Å². The van der Waals surface area contributed by atoms with E-state index in [1.165, 1.54) is 0 Å². The summed E-state index contributed by atoms with van der Waals surface area (Å²) in [5.41, 5.74) is 3.86. The summed E-state index contributed by atoms with van der Waals surface area (Å²) in [6.45, 7) is 0.436. The zero-order valence-electron chi connectivity index (χ0n) is 20.1. The van der Waals surface area contributed by atoms with Crippen LogP contribution in [-0.2, 0) is 31.9 Å². The molecule has 2 aromatic heterocycles. The lowest BCUT2D eigenvalue weighted by Gasteiger charge is -2.06. The maximum atomic E-state index is 11.9. The highest BCUT2D eigenvalue weighted by Gasteiger charge is 2.12. The van der Waals surface area contributed by atoms with Gasteiger partial charge >= 0.3 is 11.9 Å². The molecule has 0 N–H and O–H groups in total. The van der Waals surface area contributed by atoms with Crippen molar-refractivity contribution in [3.63, 3.8) is 0 Å². The molecule has 8 nitrogen and oxygen atoms in total. The Balaban J connectivity index is 1.08. The summed E-state index contributed by atoms with van der Waals surface area (Å²) in [6.07, 6.45) is 9.62. The normalized spacial score (nSPS) is 10.9. The third kappa shape index (κ3) is 8.20. The van der Waals surface area contributed by atoms with E-state index in [0.717, 1.165) is 22.5 Å². The molecular formula is C27H26Cl2N4O4. The van der Waals surface area contributed by atoms with Gasteiger partial charge in [-0.05, 0) is 85.3 Å². The lowest BCUT2D eigenvalue weighted by molar-refractivity contribution is -0.154. The predicted molar refractivity (Wildman–Crippen MR) is 140 cm³/mol. The van der Waals surface area contributed by atoms with Crippen LogP contribution in [0.2, 0.25) is 10.0 Å². The van der Waals surface area contributed by atoms with E-state index in [-0.39, 0.29) is 13.2 Å². The summed E-state index contributed by atoms with van der Waals surface area (Å²) in [4.78, 5) is 23.8. The number of hydrogen-bond donors (Lipinski definition) is 0. The number of aryl methyl sites for hydroxylation is 2. The van der Waals surface area contributed by atoms with Gasteiger partial charge in [0.2, 0.25) is 0 Å². The van der Waals surface area contributed by atoms with Gasteiger partial charge in [-0.1, -0.05) is 23.2 Å². The van der Waals surface area contributed by atoms with E-state index in [9.17, 15) is 9.59 Å². The van der Waals surface area contributed by atoms with Gasteiger partial charge in [-0.15, -0.1) is 0 Å². The van der Waals surface area contributed by atoms with Crippen LogP contribution in [-0.4, -0.2) is 44.7 Å². The van der Waals surface area contributed by atoms with Crippen molar-refractivity contribution in [2.24, 2.45) is 0 Å². The van der Waals surface area contributed by atoms with Crippen LogP contribution in [0.3, 0.4) is 0 Å². The zero-order chi connectivity index (χ0) is 26.0. The second-order valence-corrected chi connectivity index (χ2v) is 9.24. The lowest BCUT2D eigenvalue weighted by Crippen LogP contribution is -2.15. The highest BCUT2D eigenvalue weighted by atomic mass is 35.5. The summed E-state index contributed by atoms with van der Waals surface area (Å²) in [5.74, 6) is -1.18. The maximum Gasteiger partial charge on any atom is 0.317 e. The van der Waals surface area contributed by atoms with Gasteiger partial charge in [0, 0.05) is 22.4 Å². The Kier molecular flexibility index (Phi) is 9.35. The smallest absolute Gasteiger partial charge is 0.317 e. The largest absolute Gasteiger partial charge is 0.465 e. The van der Waals surface area contributed by atoms with Crippen LogP contribution >= 0.6 is 23.2 Å². The van der Waals surface area contributed by atoms with E-state index in [0.29, 0.717) is 35.7 Å². The lowest BCUT2D eigenvalue weighted by atomic mass is 10.2. The number of rotatable bonds is 12. The van der Waals surface area contributed by atoms with Crippen LogP contribution in [0.5, 0.6) is 0 Å². The summed E-state index contributed by atoms with van der Waals surface area (Å²) in [6, 6.07) is 14.8. The number of carbonyl (C=O) groups is 2. The Morgan fingerprint density at radius 2 is 1.08 bits per heavy atom. The van der Waals surface area contributed by atoms with E-state index in [2.05, 4.69) is 10.2 Å². The first-order chi connectivity index (χ1) is 18.0. The summed E-state index contributed by atoms with van der Waals surface area (Å²) < 4.78 is 13.9.